The highest BCUT2D eigenvalue weighted by Gasteiger charge is 2.62. The van der Waals surface area contributed by atoms with Crippen molar-refractivity contribution >= 4 is 17.7 Å². The summed E-state index contributed by atoms with van der Waals surface area (Å²) in [6.07, 6.45) is 7.46. The van der Waals surface area contributed by atoms with Crippen LogP contribution in [0.25, 0.3) is 0 Å². The van der Waals surface area contributed by atoms with Crippen LogP contribution in [0.4, 0.5) is 0 Å². The predicted molar refractivity (Wildman–Crippen MR) is 112 cm³/mol. The molecule has 7 atom stereocenters. The van der Waals surface area contributed by atoms with Crippen molar-refractivity contribution in [3.63, 3.8) is 0 Å². The molecule has 0 aromatic heterocycles. The summed E-state index contributed by atoms with van der Waals surface area (Å²) in [5.41, 5.74) is 1.01. The van der Waals surface area contributed by atoms with E-state index in [1.54, 1.807) is 0 Å². The van der Waals surface area contributed by atoms with Crippen LogP contribution in [0.15, 0.2) is 11.3 Å². The van der Waals surface area contributed by atoms with Crippen LogP contribution in [-0.2, 0) is 23.9 Å². The zero-order valence-corrected chi connectivity index (χ0v) is 19.1. The second kappa shape index (κ2) is 7.49. The molecule has 0 aromatic rings. The molecule has 0 saturated heterocycles. The maximum Gasteiger partial charge on any atom is 0.307 e. The van der Waals surface area contributed by atoms with Gasteiger partial charge in [-0.25, -0.2) is 0 Å². The maximum absolute atomic E-state index is 13.7. The van der Waals surface area contributed by atoms with Crippen LogP contribution in [0.3, 0.4) is 0 Å². The van der Waals surface area contributed by atoms with Gasteiger partial charge in [0.1, 0.15) is 17.6 Å². The van der Waals surface area contributed by atoms with Crippen molar-refractivity contribution in [2.24, 2.45) is 34.5 Å². The lowest BCUT2D eigenvalue weighted by molar-refractivity contribution is -0.166. The smallest absolute Gasteiger partial charge is 0.307 e. The molecule has 5 heteroatoms. The minimum Gasteiger partial charge on any atom is -0.463 e. The normalized spacial score (nSPS) is 44.4. The second-order valence-corrected chi connectivity index (χ2v) is 10.8. The minimum absolute atomic E-state index is 0.00785. The van der Waals surface area contributed by atoms with E-state index in [9.17, 15) is 14.4 Å². The van der Waals surface area contributed by atoms with E-state index in [4.69, 9.17) is 9.47 Å². The minimum atomic E-state index is -0.287. The molecule has 0 N–H and O–H groups in total. The maximum atomic E-state index is 13.7. The Labute approximate surface area is 179 Å². The molecule has 0 aromatic carbocycles. The van der Waals surface area contributed by atoms with E-state index in [0.29, 0.717) is 35.7 Å². The SMILES string of the molecule is CC(=O)O/C(C)=C1\CC[C@@H]2[C@@H]3CC[C@H]4C[C@H](OC(C)=O)CC[C@]4(C)[C@H]3C(=O)C[C@]12C. The third-order valence-electron chi connectivity index (χ3n) is 9.14. The fraction of sp³-hybridized carbons (Fsp3) is 0.800. The van der Waals surface area contributed by atoms with Crippen molar-refractivity contribution < 1.29 is 23.9 Å². The van der Waals surface area contributed by atoms with Gasteiger partial charge < -0.3 is 9.47 Å². The largest absolute Gasteiger partial charge is 0.463 e. The number of esters is 2. The van der Waals surface area contributed by atoms with E-state index >= 15 is 0 Å². The van der Waals surface area contributed by atoms with E-state index in [-0.39, 0.29) is 34.8 Å². The van der Waals surface area contributed by atoms with Gasteiger partial charge in [-0.05, 0) is 80.6 Å². The number of rotatable bonds is 2. The fourth-order valence-corrected chi connectivity index (χ4v) is 8.05. The molecule has 4 saturated carbocycles. The van der Waals surface area contributed by atoms with Crippen molar-refractivity contribution in [1.82, 2.24) is 0 Å². The number of ketones is 1. The van der Waals surface area contributed by atoms with Crippen LogP contribution in [-0.4, -0.2) is 23.8 Å². The van der Waals surface area contributed by atoms with Crippen molar-refractivity contribution in [3.8, 4) is 0 Å². The molecule has 0 unspecified atom stereocenters. The highest BCUT2D eigenvalue weighted by Crippen LogP contribution is 2.66. The molecule has 5 nitrogen and oxygen atoms in total. The van der Waals surface area contributed by atoms with Gasteiger partial charge in [-0.3, -0.25) is 14.4 Å². The first-order valence-corrected chi connectivity index (χ1v) is 11.6. The molecule has 0 heterocycles. The average molecular weight is 417 g/mol. The molecular formula is C25H36O5. The number of carbonyl (C=O) groups excluding carboxylic acids is 3. The third kappa shape index (κ3) is 3.33. The number of fused-ring (bicyclic) bond motifs is 5. The zero-order valence-electron chi connectivity index (χ0n) is 19.1. The summed E-state index contributed by atoms with van der Waals surface area (Å²) in [5, 5.41) is 0. The first kappa shape index (κ1) is 21.6. The number of carbonyl (C=O) groups is 3. The van der Waals surface area contributed by atoms with E-state index in [0.717, 1.165) is 44.9 Å². The molecule has 30 heavy (non-hydrogen) atoms. The summed E-state index contributed by atoms with van der Waals surface area (Å²) in [4.78, 5) is 36.6. The van der Waals surface area contributed by atoms with Crippen LogP contribution in [0.5, 0.6) is 0 Å². The van der Waals surface area contributed by atoms with Gasteiger partial charge in [0.15, 0.2) is 0 Å². The van der Waals surface area contributed by atoms with E-state index in [1.807, 2.05) is 6.92 Å². The van der Waals surface area contributed by atoms with Gasteiger partial charge in [0.2, 0.25) is 0 Å². The Kier molecular flexibility index (Phi) is 5.39. The van der Waals surface area contributed by atoms with Crippen LogP contribution in [0, 0.1) is 34.5 Å². The van der Waals surface area contributed by atoms with Crippen molar-refractivity contribution in [1.29, 1.82) is 0 Å². The molecule has 4 aliphatic rings. The van der Waals surface area contributed by atoms with Gasteiger partial charge in [0, 0.05) is 31.6 Å². The quantitative estimate of drug-likeness (QED) is 0.469. The summed E-state index contributed by atoms with van der Waals surface area (Å²) in [6.45, 7) is 9.37. The monoisotopic (exact) mass is 416 g/mol. The van der Waals surface area contributed by atoms with E-state index in [2.05, 4.69) is 13.8 Å². The Balaban J connectivity index is 1.60. The van der Waals surface area contributed by atoms with E-state index in [1.165, 1.54) is 19.4 Å². The summed E-state index contributed by atoms with van der Waals surface area (Å²) in [6, 6.07) is 0. The van der Waals surface area contributed by atoms with Crippen LogP contribution >= 0.6 is 0 Å². The fourth-order valence-electron chi connectivity index (χ4n) is 8.05. The molecule has 0 bridgehead atoms. The number of Topliss-reactive ketones (excluding diaryl/α,β-unsaturated/α-hetero) is 1. The van der Waals surface area contributed by atoms with Gasteiger partial charge in [0.25, 0.3) is 0 Å². The molecule has 4 rings (SSSR count). The molecule has 4 aliphatic carbocycles. The number of hydrogen-bond donors (Lipinski definition) is 0. The second-order valence-electron chi connectivity index (χ2n) is 10.8. The van der Waals surface area contributed by atoms with Gasteiger partial charge in [-0.2, -0.15) is 0 Å². The summed E-state index contributed by atoms with van der Waals surface area (Å²) in [5.74, 6) is 2.06. The van der Waals surface area contributed by atoms with Crippen LogP contribution < -0.4 is 0 Å². The lowest BCUT2D eigenvalue weighted by Gasteiger charge is -2.59. The molecular weight excluding hydrogens is 380 g/mol. The van der Waals surface area contributed by atoms with Gasteiger partial charge in [-0.1, -0.05) is 13.8 Å². The van der Waals surface area contributed by atoms with Crippen molar-refractivity contribution in [2.45, 2.75) is 92.1 Å². The van der Waals surface area contributed by atoms with Crippen LogP contribution in [0.1, 0.15) is 86.0 Å². The van der Waals surface area contributed by atoms with Gasteiger partial charge in [-0.15, -0.1) is 0 Å². The Morgan fingerprint density at radius 3 is 2.40 bits per heavy atom. The summed E-state index contributed by atoms with van der Waals surface area (Å²) < 4.78 is 11.0. The lowest BCUT2D eigenvalue weighted by Crippen LogP contribution is -2.57. The topological polar surface area (TPSA) is 69.7 Å². The highest BCUT2D eigenvalue weighted by atomic mass is 16.5. The Morgan fingerprint density at radius 1 is 1.00 bits per heavy atom. The van der Waals surface area contributed by atoms with Gasteiger partial charge in [0.05, 0.1) is 0 Å². The molecule has 0 spiro atoms. The zero-order chi connectivity index (χ0) is 21.8. The molecule has 4 fully saturated rings. The Morgan fingerprint density at radius 2 is 1.73 bits per heavy atom. The lowest BCUT2D eigenvalue weighted by atomic mass is 9.44. The Hall–Kier alpha value is -1.65. The van der Waals surface area contributed by atoms with Crippen molar-refractivity contribution in [2.75, 3.05) is 0 Å². The molecule has 0 aliphatic heterocycles. The van der Waals surface area contributed by atoms with Gasteiger partial charge >= 0.3 is 11.9 Å². The van der Waals surface area contributed by atoms with E-state index < -0.39 is 0 Å². The molecule has 166 valence electrons. The summed E-state index contributed by atoms with van der Waals surface area (Å²) >= 11 is 0. The number of ether oxygens (including phenoxy) is 2. The van der Waals surface area contributed by atoms with Crippen molar-refractivity contribution in [3.05, 3.63) is 11.3 Å². The first-order chi connectivity index (χ1) is 14.1. The average Bonchev–Trinajstić information content (AvgIpc) is 2.97. The highest BCUT2D eigenvalue weighted by molar-refractivity contribution is 5.85. The molecule has 0 radical (unpaired) electrons. The number of allylic oxidation sites excluding steroid dienone is 2. The number of hydrogen-bond acceptors (Lipinski definition) is 5. The standard InChI is InChI=1S/C25H36O5/c1-14(29-15(2)26)20-8-9-21-19-7-6-17-12-18(30-16(3)27)10-11-24(17,4)23(19)22(28)13-25(20,21)5/h17-19,21,23H,6-13H2,1-5H3/b20-14+/t17-,18+,19-,21+,23+,24-,25+/m0/s1. The van der Waals surface area contributed by atoms with Crippen LogP contribution in [0.2, 0.25) is 0 Å². The predicted octanol–water partition coefficient (Wildman–Crippen LogP) is 4.98. The molecule has 0 amide bonds. The Bertz CT molecular complexity index is 797. The first-order valence-electron chi connectivity index (χ1n) is 11.6. The summed E-state index contributed by atoms with van der Waals surface area (Å²) in [7, 11) is 0. The third-order valence-corrected chi connectivity index (χ3v) is 9.14.